The zero-order valence-corrected chi connectivity index (χ0v) is 21.3. The predicted octanol–water partition coefficient (Wildman–Crippen LogP) is 5.87. The van der Waals surface area contributed by atoms with Crippen molar-refractivity contribution in [3.63, 3.8) is 0 Å². The van der Waals surface area contributed by atoms with Crippen molar-refractivity contribution in [1.29, 1.82) is 0 Å². The molecule has 36 heavy (non-hydrogen) atoms. The lowest BCUT2D eigenvalue weighted by Crippen LogP contribution is -2.56. The van der Waals surface area contributed by atoms with Crippen LogP contribution in [-0.2, 0) is 9.59 Å². The summed E-state index contributed by atoms with van der Waals surface area (Å²) in [5, 5.41) is 0.104. The van der Waals surface area contributed by atoms with Crippen molar-refractivity contribution in [3.05, 3.63) is 90.0 Å². The Morgan fingerprint density at radius 3 is 1.86 bits per heavy atom. The molecule has 3 aromatic rings. The van der Waals surface area contributed by atoms with E-state index < -0.39 is 11.8 Å². The number of amides is 2. The Morgan fingerprint density at radius 1 is 0.806 bits per heavy atom. The molecule has 0 saturated carbocycles. The minimum Gasteiger partial charge on any atom is -0.490 e. The van der Waals surface area contributed by atoms with Gasteiger partial charge in [0.1, 0.15) is 5.57 Å². The lowest BCUT2D eigenvalue weighted by Gasteiger charge is -2.36. The van der Waals surface area contributed by atoms with Crippen LogP contribution in [0.25, 0.3) is 6.08 Å². The summed E-state index contributed by atoms with van der Waals surface area (Å²) in [6.07, 6.45) is 1.58. The second kappa shape index (κ2) is 11.2. The van der Waals surface area contributed by atoms with Crippen molar-refractivity contribution < 1.29 is 19.1 Å². The maximum absolute atomic E-state index is 13.6. The standard InChI is InChI=1S/C29H28N2O4S/c1-4-34-26-18-21(15-16-25(26)35-19-20(2)3)17-24-27(32)30(22-11-7-5-8-12-22)29(36)31(28(24)33)23-13-9-6-10-14-23/h5-18,20H,4,19H2,1-3H3. The number of nitrogens with zero attached hydrogens (tertiary/aromatic N) is 2. The molecule has 6 nitrogen and oxygen atoms in total. The topological polar surface area (TPSA) is 59.1 Å². The van der Waals surface area contributed by atoms with Gasteiger partial charge >= 0.3 is 0 Å². The van der Waals surface area contributed by atoms with E-state index in [0.717, 1.165) is 0 Å². The Kier molecular flexibility index (Phi) is 7.80. The lowest BCUT2D eigenvalue weighted by atomic mass is 10.0. The fraction of sp³-hybridized carbons (Fsp3) is 0.207. The Morgan fingerprint density at radius 2 is 1.36 bits per heavy atom. The third-order valence-electron chi connectivity index (χ3n) is 5.43. The van der Waals surface area contributed by atoms with E-state index >= 15 is 0 Å². The summed E-state index contributed by atoms with van der Waals surface area (Å²) in [5.41, 5.74) is 1.80. The van der Waals surface area contributed by atoms with Gasteiger partial charge in [0.15, 0.2) is 16.6 Å². The summed E-state index contributed by atoms with van der Waals surface area (Å²) in [4.78, 5) is 30.1. The third kappa shape index (κ3) is 5.31. The van der Waals surface area contributed by atoms with E-state index in [4.69, 9.17) is 21.7 Å². The number of benzene rings is 3. The average molecular weight is 501 g/mol. The molecule has 0 radical (unpaired) electrons. The molecule has 7 heteroatoms. The zero-order chi connectivity index (χ0) is 25.7. The first-order valence-corrected chi connectivity index (χ1v) is 12.3. The van der Waals surface area contributed by atoms with Crippen LogP contribution in [0.5, 0.6) is 11.5 Å². The molecule has 0 unspecified atom stereocenters. The molecular formula is C29H28N2O4S. The number of hydrogen-bond donors (Lipinski definition) is 0. The normalized spacial score (nSPS) is 13.9. The van der Waals surface area contributed by atoms with Crippen LogP contribution in [0, 0.1) is 5.92 Å². The first kappa shape index (κ1) is 25.1. The van der Waals surface area contributed by atoms with Crippen LogP contribution < -0.4 is 19.3 Å². The van der Waals surface area contributed by atoms with Crippen LogP contribution in [-0.4, -0.2) is 30.1 Å². The van der Waals surface area contributed by atoms with Crippen LogP contribution in [0.2, 0.25) is 0 Å². The van der Waals surface area contributed by atoms with Gasteiger partial charge in [-0.15, -0.1) is 0 Å². The first-order valence-electron chi connectivity index (χ1n) is 11.8. The Bertz CT molecular complexity index is 1230. The van der Waals surface area contributed by atoms with E-state index in [-0.39, 0.29) is 10.7 Å². The van der Waals surface area contributed by atoms with Crippen LogP contribution in [0.1, 0.15) is 26.3 Å². The zero-order valence-electron chi connectivity index (χ0n) is 20.5. The van der Waals surface area contributed by atoms with Gasteiger partial charge in [-0.3, -0.25) is 19.4 Å². The van der Waals surface area contributed by atoms with Crippen molar-refractivity contribution in [2.24, 2.45) is 5.92 Å². The molecule has 0 atom stereocenters. The summed E-state index contributed by atoms with van der Waals surface area (Å²) in [6, 6.07) is 23.5. The van der Waals surface area contributed by atoms with E-state index in [0.29, 0.717) is 47.6 Å². The molecule has 1 heterocycles. The Hall–Kier alpha value is -3.97. The Balaban J connectivity index is 1.79. The first-order chi connectivity index (χ1) is 17.4. The molecule has 1 fully saturated rings. The minimum absolute atomic E-state index is 0.00500. The van der Waals surface area contributed by atoms with Gasteiger partial charge in [0.2, 0.25) is 0 Å². The fourth-order valence-electron chi connectivity index (χ4n) is 3.76. The summed E-state index contributed by atoms with van der Waals surface area (Å²) in [6.45, 7) is 7.03. The molecule has 4 rings (SSSR count). The van der Waals surface area contributed by atoms with Gasteiger partial charge in [-0.05, 0) is 73.1 Å². The van der Waals surface area contributed by atoms with Gasteiger partial charge in [-0.25, -0.2) is 0 Å². The van der Waals surface area contributed by atoms with Crippen molar-refractivity contribution in [1.82, 2.24) is 0 Å². The average Bonchev–Trinajstić information content (AvgIpc) is 2.87. The predicted molar refractivity (Wildman–Crippen MR) is 146 cm³/mol. The van der Waals surface area contributed by atoms with Gasteiger partial charge in [0.05, 0.1) is 24.6 Å². The number of ether oxygens (including phenoxy) is 2. The van der Waals surface area contributed by atoms with E-state index in [9.17, 15) is 9.59 Å². The summed E-state index contributed by atoms with van der Waals surface area (Å²) in [5.74, 6) is 0.559. The van der Waals surface area contributed by atoms with E-state index in [1.54, 1.807) is 48.5 Å². The van der Waals surface area contributed by atoms with Gasteiger partial charge in [0, 0.05) is 0 Å². The maximum Gasteiger partial charge on any atom is 0.270 e. The number of thiocarbonyl (C=S) groups is 1. The van der Waals surface area contributed by atoms with Gasteiger partial charge in [-0.1, -0.05) is 56.3 Å². The number of para-hydroxylation sites is 2. The molecule has 2 amide bonds. The number of hydrogen-bond acceptors (Lipinski definition) is 5. The minimum atomic E-state index is -0.485. The van der Waals surface area contributed by atoms with Crippen molar-refractivity contribution in [3.8, 4) is 11.5 Å². The van der Waals surface area contributed by atoms with Crippen LogP contribution in [0.4, 0.5) is 11.4 Å². The molecule has 1 aliphatic heterocycles. The smallest absolute Gasteiger partial charge is 0.270 e. The largest absolute Gasteiger partial charge is 0.490 e. The molecule has 184 valence electrons. The number of rotatable bonds is 8. The fourth-order valence-corrected chi connectivity index (χ4v) is 4.14. The van der Waals surface area contributed by atoms with E-state index in [1.807, 2.05) is 43.3 Å². The molecule has 0 aliphatic carbocycles. The highest BCUT2D eigenvalue weighted by Gasteiger charge is 2.41. The molecule has 1 aliphatic rings. The quantitative estimate of drug-likeness (QED) is 0.220. The number of anilines is 2. The lowest BCUT2D eigenvalue weighted by molar-refractivity contribution is -0.120. The van der Waals surface area contributed by atoms with Crippen molar-refractivity contribution in [2.75, 3.05) is 23.0 Å². The van der Waals surface area contributed by atoms with Gasteiger partial charge < -0.3 is 9.47 Å². The SMILES string of the molecule is CCOc1cc(C=C2C(=O)N(c3ccccc3)C(=S)N(c3ccccc3)C2=O)ccc1OCC(C)C. The van der Waals surface area contributed by atoms with Gasteiger partial charge in [-0.2, -0.15) is 0 Å². The second-order valence-electron chi connectivity index (χ2n) is 8.64. The van der Waals surface area contributed by atoms with Crippen molar-refractivity contribution >= 4 is 46.6 Å². The van der Waals surface area contributed by atoms with Crippen LogP contribution in [0.3, 0.4) is 0 Å². The van der Waals surface area contributed by atoms with Gasteiger partial charge in [0.25, 0.3) is 11.8 Å². The molecule has 0 spiro atoms. The molecule has 0 bridgehead atoms. The summed E-state index contributed by atoms with van der Waals surface area (Å²) < 4.78 is 11.7. The van der Waals surface area contributed by atoms with Crippen LogP contribution >= 0.6 is 12.2 Å². The molecular weight excluding hydrogens is 472 g/mol. The summed E-state index contributed by atoms with van der Waals surface area (Å²) in [7, 11) is 0. The summed E-state index contributed by atoms with van der Waals surface area (Å²) >= 11 is 5.65. The van der Waals surface area contributed by atoms with E-state index in [1.165, 1.54) is 9.80 Å². The maximum atomic E-state index is 13.6. The molecule has 3 aromatic carbocycles. The molecule has 0 aromatic heterocycles. The second-order valence-corrected chi connectivity index (χ2v) is 9.00. The highest BCUT2D eigenvalue weighted by molar-refractivity contribution is 7.81. The Labute approximate surface area is 216 Å². The van der Waals surface area contributed by atoms with Crippen LogP contribution in [0.15, 0.2) is 84.4 Å². The number of carbonyl (C=O) groups is 2. The number of carbonyl (C=O) groups excluding carboxylic acids is 2. The highest BCUT2D eigenvalue weighted by atomic mass is 32.1. The molecule has 1 saturated heterocycles. The van der Waals surface area contributed by atoms with Crippen molar-refractivity contribution in [2.45, 2.75) is 20.8 Å². The van der Waals surface area contributed by atoms with E-state index in [2.05, 4.69) is 13.8 Å². The third-order valence-corrected chi connectivity index (χ3v) is 5.79. The monoisotopic (exact) mass is 500 g/mol. The highest BCUT2D eigenvalue weighted by Crippen LogP contribution is 2.33. The molecule has 0 N–H and O–H groups in total.